The molecule has 0 saturated carbocycles. The molecule has 1 aliphatic heterocycles. The van der Waals surface area contributed by atoms with Gasteiger partial charge in [-0.1, -0.05) is 0 Å². The van der Waals surface area contributed by atoms with Gasteiger partial charge in [0, 0.05) is 43.3 Å². The van der Waals surface area contributed by atoms with Crippen molar-refractivity contribution in [3.05, 3.63) is 16.1 Å². The number of thiazole rings is 1. The monoisotopic (exact) mass is 519 g/mol. The minimum Gasteiger partial charge on any atom is -0.357 e. The Hall–Kier alpha value is -0.620. The summed E-state index contributed by atoms with van der Waals surface area (Å²) in [5, 5.41) is 9.66. The molecule has 10 heteroatoms. The molecule has 1 aromatic rings. The zero-order valence-corrected chi connectivity index (χ0v) is 19.0. The van der Waals surface area contributed by atoms with Gasteiger partial charge < -0.3 is 10.6 Å². The minimum atomic E-state index is -4.14. The second kappa shape index (κ2) is 12.1. The van der Waals surface area contributed by atoms with Crippen molar-refractivity contribution in [2.45, 2.75) is 51.7 Å². The van der Waals surface area contributed by atoms with Crippen LogP contribution in [0.3, 0.4) is 0 Å². The van der Waals surface area contributed by atoms with Crippen molar-refractivity contribution in [2.75, 3.05) is 32.7 Å². The molecule has 0 amide bonds. The maximum Gasteiger partial charge on any atom is 0.401 e. The van der Waals surface area contributed by atoms with Crippen molar-refractivity contribution in [3.8, 4) is 0 Å². The Morgan fingerprint density at radius 1 is 1.41 bits per heavy atom. The zero-order valence-electron chi connectivity index (χ0n) is 15.8. The first kappa shape index (κ1) is 24.4. The highest BCUT2D eigenvalue weighted by molar-refractivity contribution is 14.0. The molecule has 1 atom stereocenters. The van der Waals surface area contributed by atoms with Crippen LogP contribution < -0.4 is 10.6 Å². The first-order chi connectivity index (χ1) is 12.4. The Labute approximate surface area is 180 Å². The second-order valence-corrected chi connectivity index (χ2v) is 7.52. The van der Waals surface area contributed by atoms with Gasteiger partial charge in [0.2, 0.25) is 0 Å². The average molecular weight is 519 g/mol. The van der Waals surface area contributed by atoms with Crippen LogP contribution in [0.2, 0.25) is 0 Å². The molecule has 0 bridgehead atoms. The fourth-order valence-electron chi connectivity index (χ4n) is 2.96. The largest absolute Gasteiger partial charge is 0.401 e. The standard InChI is InChI=1S/C17H28F3N5S.HI/c1-3-21-16(22-8-5-4-6-15-23-13(2)11-26-15)24-14-7-9-25(10-14)12-17(18,19)20;/h11,14H,3-10,12H2,1-2H3,(H2,21,22,24);1H. The maximum absolute atomic E-state index is 12.5. The molecule has 1 fully saturated rings. The lowest BCUT2D eigenvalue weighted by molar-refractivity contribution is -0.143. The number of alkyl halides is 3. The highest BCUT2D eigenvalue weighted by Crippen LogP contribution is 2.20. The maximum atomic E-state index is 12.5. The lowest BCUT2D eigenvalue weighted by Crippen LogP contribution is -2.45. The molecule has 0 radical (unpaired) electrons. The molecule has 5 nitrogen and oxygen atoms in total. The van der Waals surface area contributed by atoms with Gasteiger partial charge in [-0.2, -0.15) is 13.2 Å². The van der Waals surface area contributed by atoms with Gasteiger partial charge >= 0.3 is 6.18 Å². The van der Waals surface area contributed by atoms with Gasteiger partial charge in [0.15, 0.2) is 5.96 Å². The van der Waals surface area contributed by atoms with E-state index in [0.29, 0.717) is 32.0 Å². The number of aliphatic imine (C=N–C) groups is 1. The summed E-state index contributed by atoms with van der Waals surface area (Å²) in [7, 11) is 0. The number of hydrogen-bond donors (Lipinski definition) is 2. The summed E-state index contributed by atoms with van der Waals surface area (Å²) in [5.74, 6) is 0.691. The third-order valence-corrected chi connectivity index (χ3v) is 5.12. The van der Waals surface area contributed by atoms with Crippen molar-refractivity contribution < 1.29 is 13.2 Å². The van der Waals surface area contributed by atoms with Crippen LogP contribution in [0, 0.1) is 6.92 Å². The second-order valence-electron chi connectivity index (χ2n) is 6.58. The van der Waals surface area contributed by atoms with Gasteiger partial charge in [-0.3, -0.25) is 9.89 Å². The molecular formula is C17H29F3IN5S. The van der Waals surface area contributed by atoms with E-state index in [1.807, 2.05) is 13.8 Å². The van der Waals surface area contributed by atoms with Gasteiger partial charge in [-0.25, -0.2) is 4.98 Å². The summed E-state index contributed by atoms with van der Waals surface area (Å²) < 4.78 is 37.4. The Morgan fingerprint density at radius 2 is 2.19 bits per heavy atom. The number of rotatable bonds is 8. The summed E-state index contributed by atoms with van der Waals surface area (Å²) in [4.78, 5) is 10.4. The number of nitrogens with zero attached hydrogens (tertiary/aromatic N) is 3. The highest BCUT2D eigenvalue weighted by Gasteiger charge is 2.34. The summed E-state index contributed by atoms with van der Waals surface area (Å²) in [5.41, 5.74) is 1.07. The molecule has 1 aliphatic rings. The van der Waals surface area contributed by atoms with Crippen LogP contribution in [-0.4, -0.2) is 60.8 Å². The number of guanidine groups is 1. The van der Waals surface area contributed by atoms with Crippen molar-refractivity contribution in [1.29, 1.82) is 0 Å². The van der Waals surface area contributed by atoms with E-state index < -0.39 is 12.7 Å². The normalized spacial score (nSPS) is 18.4. The first-order valence-corrected chi connectivity index (χ1v) is 9.98. The number of nitrogens with one attached hydrogen (secondary N) is 2. The molecule has 156 valence electrons. The fraction of sp³-hybridized carbons (Fsp3) is 0.765. The number of hydrogen-bond acceptors (Lipinski definition) is 4. The molecule has 27 heavy (non-hydrogen) atoms. The highest BCUT2D eigenvalue weighted by atomic mass is 127. The summed E-state index contributed by atoms with van der Waals surface area (Å²) in [6.45, 7) is 5.41. The van der Waals surface area contributed by atoms with E-state index >= 15 is 0 Å². The lowest BCUT2D eigenvalue weighted by atomic mass is 10.2. The Balaban J connectivity index is 0.00000364. The molecule has 0 aromatic carbocycles. The van der Waals surface area contributed by atoms with E-state index in [0.717, 1.165) is 36.5 Å². The number of likely N-dealkylation sites (tertiary alicyclic amines) is 1. The molecule has 0 aliphatic carbocycles. The van der Waals surface area contributed by atoms with Gasteiger partial charge in [-0.15, -0.1) is 35.3 Å². The molecule has 1 unspecified atom stereocenters. The summed E-state index contributed by atoms with van der Waals surface area (Å²) in [6.07, 6.45) is -0.487. The van der Waals surface area contributed by atoms with Crippen LogP contribution in [0.1, 0.15) is 36.9 Å². The minimum absolute atomic E-state index is 0. The number of aryl methyl sites for hydroxylation is 2. The van der Waals surface area contributed by atoms with E-state index in [-0.39, 0.29) is 30.0 Å². The van der Waals surface area contributed by atoms with Crippen LogP contribution in [0.25, 0.3) is 0 Å². The van der Waals surface area contributed by atoms with Gasteiger partial charge in [0.05, 0.1) is 11.6 Å². The van der Waals surface area contributed by atoms with E-state index in [9.17, 15) is 13.2 Å². The van der Waals surface area contributed by atoms with Gasteiger partial charge in [-0.05, 0) is 39.5 Å². The lowest BCUT2D eigenvalue weighted by Gasteiger charge is -2.19. The Kier molecular flexibility index (Phi) is 10.9. The van der Waals surface area contributed by atoms with Gasteiger partial charge in [0.25, 0.3) is 0 Å². The predicted molar refractivity (Wildman–Crippen MR) is 115 cm³/mol. The van der Waals surface area contributed by atoms with E-state index in [1.165, 1.54) is 4.90 Å². The van der Waals surface area contributed by atoms with Crippen LogP contribution in [-0.2, 0) is 6.42 Å². The SMILES string of the molecule is CCNC(=NCCCCc1nc(C)cs1)NC1CCN(CC(F)(F)F)C1.I. The van der Waals surface area contributed by atoms with Crippen LogP contribution >= 0.6 is 35.3 Å². The fourth-order valence-corrected chi connectivity index (χ4v) is 3.78. The third-order valence-electron chi connectivity index (χ3n) is 4.10. The van der Waals surface area contributed by atoms with E-state index in [4.69, 9.17) is 0 Å². The van der Waals surface area contributed by atoms with Crippen molar-refractivity contribution in [1.82, 2.24) is 20.5 Å². The summed E-state index contributed by atoms with van der Waals surface area (Å²) in [6, 6.07) is 0.00782. The first-order valence-electron chi connectivity index (χ1n) is 9.10. The number of unbranched alkanes of at least 4 members (excludes halogenated alkanes) is 1. The molecular weight excluding hydrogens is 490 g/mol. The number of aromatic nitrogens is 1. The van der Waals surface area contributed by atoms with Crippen molar-refractivity contribution >= 4 is 41.3 Å². The van der Waals surface area contributed by atoms with Crippen molar-refractivity contribution in [3.63, 3.8) is 0 Å². The van der Waals surface area contributed by atoms with Crippen LogP contribution in [0.15, 0.2) is 10.4 Å². The summed E-state index contributed by atoms with van der Waals surface area (Å²) >= 11 is 1.69. The molecule has 1 aromatic heterocycles. The quantitative estimate of drug-likeness (QED) is 0.239. The van der Waals surface area contributed by atoms with Crippen LogP contribution in [0.4, 0.5) is 13.2 Å². The number of halogens is 4. The zero-order chi connectivity index (χ0) is 19.0. The van der Waals surface area contributed by atoms with Crippen molar-refractivity contribution in [2.24, 2.45) is 4.99 Å². The molecule has 2 heterocycles. The Morgan fingerprint density at radius 3 is 2.81 bits per heavy atom. The van der Waals surface area contributed by atoms with E-state index in [2.05, 4.69) is 26.0 Å². The smallest absolute Gasteiger partial charge is 0.357 e. The molecule has 1 saturated heterocycles. The molecule has 0 spiro atoms. The molecule has 2 N–H and O–H groups in total. The molecule has 2 rings (SSSR count). The third kappa shape index (κ3) is 9.93. The predicted octanol–water partition coefficient (Wildman–Crippen LogP) is 3.58. The van der Waals surface area contributed by atoms with E-state index in [1.54, 1.807) is 11.3 Å². The topological polar surface area (TPSA) is 52.6 Å². The van der Waals surface area contributed by atoms with Gasteiger partial charge in [0.1, 0.15) is 0 Å². The Bertz CT molecular complexity index is 579. The van der Waals surface area contributed by atoms with Crippen LogP contribution in [0.5, 0.6) is 0 Å². The average Bonchev–Trinajstić information content (AvgIpc) is 3.14.